The number of nitrogens with two attached hydrogens (primary N) is 2. The van der Waals surface area contributed by atoms with Crippen LogP contribution < -0.4 is 22.1 Å². The van der Waals surface area contributed by atoms with Gasteiger partial charge >= 0.3 is 5.97 Å². The van der Waals surface area contributed by atoms with Crippen LogP contribution in [0.25, 0.3) is 0 Å². The van der Waals surface area contributed by atoms with Gasteiger partial charge in [0, 0.05) is 11.6 Å². The predicted molar refractivity (Wildman–Crippen MR) is 89.1 cm³/mol. The number of hydrogen-bond acceptors (Lipinski definition) is 4. The molecule has 0 aliphatic carbocycles. The summed E-state index contributed by atoms with van der Waals surface area (Å²) in [5.74, 6) is -2.27. The Morgan fingerprint density at radius 3 is 2.58 bits per heavy atom. The van der Waals surface area contributed by atoms with Crippen molar-refractivity contribution < 1.29 is 19.5 Å². The fraction of sp³-hybridized carbons (Fsp3) is 0.286. The van der Waals surface area contributed by atoms with E-state index in [0.717, 1.165) is 0 Å². The van der Waals surface area contributed by atoms with Crippen molar-refractivity contribution in [3.05, 3.63) is 28.8 Å². The summed E-state index contributed by atoms with van der Waals surface area (Å²) in [5.41, 5.74) is 11.0. The van der Waals surface area contributed by atoms with E-state index in [0.29, 0.717) is 0 Å². The molecule has 1 aromatic rings. The van der Waals surface area contributed by atoms with Crippen LogP contribution >= 0.6 is 11.6 Å². The number of guanidine groups is 1. The third-order valence-corrected chi connectivity index (χ3v) is 3.08. The molecule has 0 saturated carbocycles. The third-order valence-electron chi connectivity index (χ3n) is 2.76. The molecule has 0 bridgehead atoms. The number of amides is 2. The molecule has 1 atom stereocenters. The van der Waals surface area contributed by atoms with Gasteiger partial charge in [0.1, 0.15) is 0 Å². The summed E-state index contributed by atoms with van der Waals surface area (Å²) in [7, 11) is 0. The smallest absolute Gasteiger partial charge is 0.305 e. The van der Waals surface area contributed by atoms with Crippen molar-refractivity contribution in [3.8, 4) is 0 Å². The number of benzene rings is 1. The lowest BCUT2D eigenvalue weighted by Gasteiger charge is -2.12. The van der Waals surface area contributed by atoms with Gasteiger partial charge in [0.2, 0.25) is 5.91 Å². The molecule has 2 amide bonds. The van der Waals surface area contributed by atoms with Crippen LogP contribution in [0.2, 0.25) is 5.02 Å². The van der Waals surface area contributed by atoms with Crippen molar-refractivity contribution in [1.29, 1.82) is 0 Å². The van der Waals surface area contributed by atoms with Crippen LogP contribution in [-0.2, 0) is 9.59 Å². The highest BCUT2D eigenvalue weighted by molar-refractivity contribution is 6.33. The monoisotopic (exact) mass is 355 g/mol. The maximum absolute atomic E-state index is 12.0. The Morgan fingerprint density at radius 1 is 1.33 bits per heavy atom. The molecule has 0 unspecified atom stereocenters. The first-order valence-corrected chi connectivity index (χ1v) is 7.25. The van der Waals surface area contributed by atoms with Crippen LogP contribution in [0.3, 0.4) is 0 Å². The Kier molecular flexibility index (Phi) is 6.99. The lowest BCUT2D eigenvalue weighted by Crippen LogP contribution is -2.41. The lowest BCUT2D eigenvalue weighted by molar-refractivity contribution is -0.137. The number of aliphatic imine (C=N–C) groups is 1. The average molecular weight is 356 g/mol. The fourth-order valence-electron chi connectivity index (χ4n) is 1.78. The highest BCUT2D eigenvalue weighted by atomic mass is 35.5. The van der Waals surface area contributed by atoms with Crippen LogP contribution in [-0.4, -0.2) is 41.4 Å². The van der Waals surface area contributed by atoms with Gasteiger partial charge in [0.05, 0.1) is 23.7 Å². The van der Waals surface area contributed by atoms with Gasteiger partial charge in [0.25, 0.3) is 5.91 Å². The van der Waals surface area contributed by atoms with E-state index in [2.05, 4.69) is 15.6 Å². The van der Waals surface area contributed by atoms with Gasteiger partial charge in [-0.05, 0) is 25.1 Å². The standard InChI is InChI=1S/C14H18ClN5O4/c1-7(4-12(22)23)19-11(21)6-18-13(24)8-2-3-9(15)10(5-8)20-14(16)17/h2-3,5,7H,4,6H2,1H3,(H,18,24)(H,19,21)(H,22,23)(H4,16,17,20)/t7-/m1/s1. The summed E-state index contributed by atoms with van der Waals surface area (Å²) in [6.07, 6.45) is -0.210. The first-order valence-electron chi connectivity index (χ1n) is 6.87. The van der Waals surface area contributed by atoms with Gasteiger partial charge in [-0.1, -0.05) is 11.6 Å². The zero-order valence-corrected chi connectivity index (χ0v) is 13.6. The van der Waals surface area contributed by atoms with E-state index < -0.39 is 23.8 Å². The van der Waals surface area contributed by atoms with Crippen molar-refractivity contribution in [3.63, 3.8) is 0 Å². The van der Waals surface area contributed by atoms with Crippen LogP contribution in [0.15, 0.2) is 23.2 Å². The minimum absolute atomic E-state index is 0.207. The van der Waals surface area contributed by atoms with Crippen LogP contribution in [0, 0.1) is 0 Å². The van der Waals surface area contributed by atoms with Gasteiger partial charge in [0.15, 0.2) is 5.96 Å². The highest BCUT2D eigenvalue weighted by Crippen LogP contribution is 2.25. The molecule has 24 heavy (non-hydrogen) atoms. The Balaban J connectivity index is 2.64. The molecule has 1 aromatic carbocycles. The summed E-state index contributed by atoms with van der Waals surface area (Å²) in [4.78, 5) is 38.0. The summed E-state index contributed by atoms with van der Waals surface area (Å²) in [5, 5.41) is 13.7. The number of nitrogens with zero attached hydrogens (tertiary/aromatic N) is 1. The number of carboxylic acid groups (broad SMARTS) is 1. The molecular formula is C14H18ClN5O4. The minimum atomic E-state index is -1.03. The maximum atomic E-state index is 12.0. The average Bonchev–Trinajstić information content (AvgIpc) is 2.45. The van der Waals surface area contributed by atoms with Crippen molar-refractivity contribution in [1.82, 2.24) is 10.6 Å². The summed E-state index contributed by atoms with van der Waals surface area (Å²) in [6, 6.07) is 3.74. The van der Waals surface area contributed by atoms with E-state index in [9.17, 15) is 14.4 Å². The van der Waals surface area contributed by atoms with E-state index in [1.807, 2.05) is 0 Å². The van der Waals surface area contributed by atoms with Gasteiger partial charge in [-0.2, -0.15) is 0 Å². The molecular weight excluding hydrogens is 338 g/mol. The predicted octanol–water partition coefficient (Wildman–Crippen LogP) is -0.0459. The Hall–Kier alpha value is -2.81. The van der Waals surface area contributed by atoms with Crippen LogP contribution in [0.5, 0.6) is 0 Å². The van der Waals surface area contributed by atoms with E-state index >= 15 is 0 Å². The molecule has 0 aliphatic heterocycles. The topological polar surface area (TPSA) is 160 Å². The first-order chi connectivity index (χ1) is 11.2. The molecule has 0 aliphatic rings. The van der Waals surface area contributed by atoms with Gasteiger partial charge in [-0.25, -0.2) is 4.99 Å². The molecule has 0 saturated heterocycles. The van der Waals surface area contributed by atoms with Gasteiger partial charge < -0.3 is 27.2 Å². The zero-order valence-electron chi connectivity index (χ0n) is 12.9. The summed E-state index contributed by atoms with van der Waals surface area (Å²) >= 11 is 5.91. The highest BCUT2D eigenvalue weighted by Gasteiger charge is 2.13. The Labute approximate surface area is 143 Å². The molecule has 0 radical (unpaired) electrons. The number of aliphatic carboxylic acids is 1. The fourth-order valence-corrected chi connectivity index (χ4v) is 1.94. The molecule has 9 nitrogen and oxygen atoms in total. The van der Waals surface area contributed by atoms with E-state index in [4.69, 9.17) is 28.2 Å². The van der Waals surface area contributed by atoms with Crippen molar-refractivity contribution in [2.45, 2.75) is 19.4 Å². The molecule has 0 aromatic heterocycles. The molecule has 1 rings (SSSR count). The first kappa shape index (κ1) is 19.2. The quantitative estimate of drug-likeness (QED) is 0.340. The van der Waals surface area contributed by atoms with Crippen molar-refractivity contribution in [2.75, 3.05) is 6.54 Å². The lowest BCUT2D eigenvalue weighted by atomic mass is 10.2. The number of carbonyl (C=O) groups is 3. The van der Waals surface area contributed by atoms with Crippen molar-refractivity contribution in [2.24, 2.45) is 16.5 Å². The van der Waals surface area contributed by atoms with Crippen LogP contribution in [0.4, 0.5) is 5.69 Å². The summed E-state index contributed by atoms with van der Waals surface area (Å²) in [6.45, 7) is 1.25. The number of hydrogen-bond donors (Lipinski definition) is 5. The van der Waals surface area contributed by atoms with Crippen molar-refractivity contribution >= 4 is 41.0 Å². The molecule has 130 valence electrons. The maximum Gasteiger partial charge on any atom is 0.305 e. The molecule has 0 fully saturated rings. The Morgan fingerprint density at radius 2 is 2.00 bits per heavy atom. The summed E-state index contributed by atoms with van der Waals surface area (Å²) < 4.78 is 0. The third kappa shape index (κ3) is 6.53. The number of nitrogens with one attached hydrogen (secondary N) is 2. The second kappa shape index (κ2) is 8.73. The largest absolute Gasteiger partial charge is 0.481 e. The second-order valence-corrected chi connectivity index (χ2v) is 5.36. The van der Waals surface area contributed by atoms with Gasteiger partial charge in [-0.3, -0.25) is 14.4 Å². The van der Waals surface area contributed by atoms with Crippen LogP contribution in [0.1, 0.15) is 23.7 Å². The normalized spacial score (nSPS) is 11.2. The SMILES string of the molecule is C[C@H](CC(=O)O)NC(=O)CNC(=O)c1ccc(Cl)c(N=C(N)N)c1. The second-order valence-electron chi connectivity index (χ2n) is 4.95. The Bertz CT molecular complexity index is 673. The number of halogens is 1. The van der Waals surface area contributed by atoms with E-state index in [1.165, 1.54) is 18.2 Å². The minimum Gasteiger partial charge on any atom is -0.481 e. The number of rotatable bonds is 7. The van der Waals surface area contributed by atoms with E-state index in [1.54, 1.807) is 6.92 Å². The molecule has 0 spiro atoms. The molecule has 7 N–H and O–H groups in total. The zero-order chi connectivity index (χ0) is 18.3. The molecule has 10 heteroatoms. The van der Waals surface area contributed by atoms with Gasteiger partial charge in [-0.15, -0.1) is 0 Å². The van der Waals surface area contributed by atoms with E-state index in [-0.39, 0.29) is 35.2 Å². The molecule has 0 heterocycles. The number of carbonyl (C=O) groups excluding carboxylic acids is 2. The number of carboxylic acids is 1.